The molecule has 2 rings (SSSR count). The zero-order valence-corrected chi connectivity index (χ0v) is 11.0. The molecule has 5 nitrogen and oxygen atoms in total. The second-order valence-electron chi connectivity index (χ2n) is 3.52. The quantitative estimate of drug-likeness (QED) is 0.840. The number of benzene rings is 1. The van der Waals surface area contributed by atoms with Gasteiger partial charge in [-0.3, -0.25) is 4.84 Å². The van der Waals surface area contributed by atoms with Gasteiger partial charge in [0.15, 0.2) is 11.5 Å². The van der Waals surface area contributed by atoms with E-state index in [1.165, 1.54) is 11.3 Å². The molecule has 1 aromatic heterocycles. The first kappa shape index (κ1) is 12.8. The van der Waals surface area contributed by atoms with Crippen LogP contribution in [0, 0.1) is 0 Å². The number of thiazole rings is 1. The molecule has 0 saturated heterocycles. The Balaban J connectivity index is 2.31. The van der Waals surface area contributed by atoms with Crippen molar-refractivity contribution in [3.05, 3.63) is 29.3 Å². The summed E-state index contributed by atoms with van der Waals surface area (Å²) in [6, 6.07) is 5.69. The molecule has 1 aromatic carbocycles. The lowest BCUT2D eigenvalue weighted by Crippen LogP contribution is -1.98. The fraction of sp³-hybridized carbons (Fsp3) is 0.250. The number of hydrogen-bond acceptors (Lipinski definition) is 6. The van der Waals surface area contributed by atoms with E-state index in [1.54, 1.807) is 14.2 Å². The van der Waals surface area contributed by atoms with Gasteiger partial charge in [0.1, 0.15) is 11.6 Å². The van der Waals surface area contributed by atoms with E-state index in [9.17, 15) is 0 Å². The molecule has 96 valence electrons. The van der Waals surface area contributed by atoms with Crippen LogP contribution in [-0.2, 0) is 11.4 Å². The summed E-state index contributed by atoms with van der Waals surface area (Å²) in [6.45, 7) is 0.309. The number of hydrogen-bond donors (Lipinski definition) is 1. The summed E-state index contributed by atoms with van der Waals surface area (Å²) in [5.74, 6) is 6.40. The minimum Gasteiger partial charge on any atom is -0.493 e. The van der Waals surface area contributed by atoms with Crippen LogP contribution in [0.3, 0.4) is 0 Å². The Kier molecular flexibility index (Phi) is 4.14. The molecular formula is C12H14N2O3S. The van der Waals surface area contributed by atoms with Crippen LogP contribution < -0.4 is 15.4 Å². The first-order valence-corrected chi connectivity index (χ1v) is 6.15. The van der Waals surface area contributed by atoms with Gasteiger partial charge < -0.3 is 9.47 Å². The number of methoxy groups -OCH3 is 2. The summed E-state index contributed by atoms with van der Waals surface area (Å²) in [5.41, 5.74) is 1.79. The third kappa shape index (κ3) is 2.61. The van der Waals surface area contributed by atoms with E-state index in [4.69, 9.17) is 15.4 Å². The van der Waals surface area contributed by atoms with Crippen molar-refractivity contribution in [1.82, 2.24) is 4.98 Å². The molecule has 2 aromatic rings. The van der Waals surface area contributed by atoms with E-state index in [0.717, 1.165) is 16.3 Å². The predicted molar refractivity (Wildman–Crippen MR) is 69.6 cm³/mol. The van der Waals surface area contributed by atoms with Crippen molar-refractivity contribution in [3.8, 4) is 22.1 Å². The summed E-state index contributed by atoms with van der Waals surface area (Å²) >= 11 is 1.53. The monoisotopic (exact) mass is 266 g/mol. The average Bonchev–Trinajstić information content (AvgIpc) is 2.87. The molecule has 0 spiro atoms. The highest BCUT2D eigenvalue weighted by Crippen LogP contribution is 2.33. The van der Waals surface area contributed by atoms with E-state index < -0.39 is 0 Å². The van der Waals surface area contributed by atoms with E-state index in [-0.39, 0.29) is 0 Å². The average molecular weight is 266 g/mol. The Morgan fingerprint density at radius 1 is 1.22 bits per heavy atom. The number of nitrogens with zero attached hydrogens (tertiary/aromatic N) is 1. The lowest BCUT2D eigenvalue weighted by Gasteiger charge is -2.08. The maximum atomic E-state index is 5.26. The molecule has 0 aliphatic heterocycles. The van der Waals surface area contributed by atoms with Crippen molar-refractivity contribution in [2.75, 3.05) is 14.2 Å². The van der Waals surface area contributed by atoms with Gasteiger partial charge in [0, 0.05) is 10.9 Å². The molecule has 18 heavy (non-hydrogen) atoms. The van der Waals surface area contributed by atoms with Gasteiger partial charge in [-0.15, -0.1) is 11.3 Å². The molecule has 1 heterocycles. The Morgan fingerprint density at radius 2 is 2.00 bits per heavy atom. The van der Waals surface area contributed by atoms with Crippen LogP contribution in [0.2, 0.25) is 0 Å². The minimum absolute atomic E-state index is 0.309. The van der Waals surface area contributed by atoms with Crippen molar-refractivity contribution in [1.29, 1.82) is 0 Å². The normalized spacial score (nSPS) is 10.4. The number of aromatic nitrogens is 1. The largest absolute Gasteiger partial charge is 0.493 e. The molecule has 0 bridgehead atoms. The molecule has 2 N–H and O–H groups in total. The number of ether oxygens (including phenoxy) is 2. The van der Waals surface area contributed by atoms with E-state index in [2.05, 4.69) is 9.82 Å². The van der Waals surface area contributed by atoms with Crippen LogP contribution in [0.25, 0.3) is 10.6 Å². The lowest BCUT2D eigenvalue weighted by atomic mass is 10.2. The fourth-order valence-corrected chi connectivity index (χ4v) is 2.36. The summed E-state index contributed by atoms with van der Waals surface area (Å²) in [4.78, 5) is 8.98. The van der Waals surface area contributed by atoms with Gasteiger partial charge in [0.05, 0.1) is 19.9 Å². The van der Waals surface area contributed by atoms with Crippen molar-refractivity contribution in [3.63, 3.8) is 0 Å². The highest BCUT2D eigenvalue weighted by atomic mass is 32.1. The maximum Gasteiger partial charge on any atom is 0.161 e. The second-order valence-corrected chi connectivity index (χ2v) is 4.38. The third-order valence-electron chi connectivity index (χ3n) is 2.41. The highest BCUT2D eigenvalue weighted by Gasteiger charge is 2.09. The molecule has 0 saturated carbocycles. The van der Waals surface area contributed by atoms with Gasteiger partial charge in [0.25, 0.3) is 0 Å². The molecule has 0 aliphatic rings. The molecule has 0 fully saturated rings. The van der Waals surface area contributed by atoms with E-state index >= 15 is 0 Å². The second kappa shape index (κ2) is 5.81. The molecule has 0 unspecified atom stereocenters. The first-order valence-electron chi connectivity index (χ1n) is 5.27. The highest BCUT2D eigenvalue weighted by molar-refractivity contribution is 7.13. The smallest absolute Gasteiger partial charge is 0.161 e. The zero-order valence-electron chi connectivity index (χ0n) is 10.2. The van der Waals surface area contributed by atoms with Gasteiger partial charge in [-0.05, 0) is 18.2 Å². The molecule has 0 radical (unpaired) electrons. The summed E-state index contributed by atoms with van der Waals surface area (Å²) in [6.07, 6.45) is 0. The van der Waals surface area contributed by atoms with Gasteiger partial charge in [-0.1, -0.05) is 0 Å². The number of nitrogens with two attached hydrogens (primary N) is 1. The van der Waals surface area contributed by atoms with Gasteiger partial charge >= 0.3 is 0 Å². The molecular weight excluding hydrogens is 252 g/mol. The van der Waals surface area contributed by atoms with Crippen LogP contribution in [0.5, 0.6) is 11.5 Å². The molecule has 0 aliphatic carbocycles. The number of rotatable bonds is 5. The summed E-state index contributed by atoms with van der Waals surface area (Å²) in [7, 11) is 3.22. The van der Waals surface area contributed by atoms with Crippen LogP contribution in [-0.4, -0.2) is 19.2 Å². The van der Waals surface area contributed by atoms with E-state index in [1.807, 2.05) is 23.6 Å². The third-order valence-corrected chi connectivity index (χ3v) is 3.35. The van der Waals surface area contributed by atoms with Crippen molar-refractivity contribution < 1.29 is 14.3 Å². The van der Waals surface area contributed by atoms with Crippen molar-refractivity contribution in [2.45, 2.75) is 6.61 Å². The lowest BCUT2D eigenvalue weighted by molar-refractivity contribution is 0.122. The summed E-state index contributed by atoms with van der Waals surface area (Å²) in [5, 5.41) is 2.81. The van der Waals surface area contributed by atoms with Crippen LogP contribution in [0.1, 0.15) is 5.69 Å². The standard InChI is InChI=1S/C12H14N2O3S/c1-15-10-4-3-8(5-11(10)16-2)12-14-9(6-17-13)7-18-12/h3-5,7H,6,13H2,1-2H3. The van der Waals surface area contributed by atoms with Crippen LogP contribution in [0.15, 0.2) is 23.6 Å². The van der Waals surface area contributed by atoms with Gasteiger partial charge in [-0.25, -0.2) is 10.9 Å². The van der Waals surface area contributed by atoms with Gasteiger partial charge in [-0.2, -0.15) is 0 Å². The van der Waals surface area contributed by atoms with Crippen LogP contribution in [0.4, 0.5) is 0 Å². The fourth-order valence-electron chi connectivity index (χ4n) is 1.56. The Morgan fingerprint density at radius 3 is 2.67 bits per heavy atom. The van der Waals surface area contributed by atoms with Crippen LogP contribution >= 0.6 is 11.3 Å². The first-order chi connectivity index (χ1) is 8.78. The van der Waals surface area contributed by atoms with Gasteiger partial charge in [0.2, 0.25) is 0 Å². The Labute approximate surface area is 109 Å². The van der Waals surface area contributed by atoms with E-state index in [0.29, 0.717) is 18.1 Å². The molecule has 0 atom stereocenters. The van der Waals surface area contributed by atoms with Crippen molar-refractivity contribution in [2.24, 2.45) is 5.90 Å². The maximum absolute atomic E-state index is 5.26. The minimum atomic E-state index is 0.309. The topological polar surface area (TPSA) is 66.6 Å². The molecule has 6 heteroatoms. The predicted octanol–water partition coefficient (Wildman–Crippen LogP) is 2.22. The summed E-state index contributed by atoms with van der Waals surface area (Å²) < 4.78 is 10.5. The Bertz CT molecular complexity index is 528. The zero-order chi connectivity index (χ0) is 13.0. The van der Waals surface area contributed by atoms with Crippen molar-refractivity contribution >= 4 is 11.3 Å². The SMILES string of the molecule is COc1ccc(-c2nc(CON)cs2)cc1OC. The Hall–Kier alpha value is -1.63. The molecule has 0 amide bonds.